The van der Waals surface area contributed by atoms with Gasteiger partial charge in [0.2, 0.25) is 5.91 Å². The lowest BCUT2D eigenvalue weighted by atomic mass is 9.96. The summed E-state index contributed by atoms with van der Waals surface area (Å²) in [6, 6.07) is 11.8. The second-order valence-electron chi connectivity index (χ2n) is 6.64. The Labute approximate surface area is 154 Å². The van der Waals surface area contributed by atoms with Crippen LogP contribution in [0, 0.1) is 5.92 Å². The molecule has 0 spiro atoms. The van der Waals surface area contributed by atoms with E-state index in [-0.39, 0.29) is 11.8 Å². The molecule has 0 bridgehead atoms. The zero-order valence-corrected chi connectivity index (χ0v) is 15.2. The Morgan fingerprint density at radius 1 is 1.28 bits per heavy atom. The minimum atomic E-state index is 0.0693. The molecule has 2 heterocycles. The summed E-state index contributed by atoms with van der Waals surface area (Å²) in [4.78, 5) is 14.8. The fraction of sp³-hybridized carbons (Fsp3) is 0.450. The van der Waals surface area contributed by atoms with Gasteiger partial charge in [-0.2, -0.15) is 0 Å². The molecule has 25 heavy (non-hydrogen) atoms. The number of likely N-dealkylation sites (tertiary alicyclic amines) is 1. The number of hydrogen-bond donors (Lipinski definition) is 1. The number of hydrogen-bond acceptors (Lipinski definition) is 3. The lowest BCUT2D eigenvalue weighted by Gasteiger charge is -2.32. The Morgan fingerprint density at radius 3 is 2.96 bits per heavy atom. The van der Waals surface area contributed by atoms with Crippen LogP contribution in [0.4, 0.5) is 0 Å². The predicted octanol–water partition coefficient (Wildman–Crippen LogP) is 3.89. The molecule has 1 aromatic carbocycles. The zero-order chi connectivity index (χ0) is 17.5. The molecule has 1 saturated heterocycles. The molecule has 4 nitrogen and oxygen atoms in total. The van der Waals surface area contributed by atoms with Crippen LogP contribution in [0.1, 0.15) is 30.6 Å². The second kappa shape index (κ2) is 9.07. The monoisotopic (exact) mass is 360 g/mol. The molecule has 1 atom stereocenters. The summed E-state index contributed by atoms with van der Waals surface area (Å²) < 4.78 is 5.31. The highest BCUT2D eigenvalue weighted by atomic mass is 35.5. The largest absolute Gasteiger partial charge is 0.469 e. The topological polar surface area (TPSA) is 45.5 Å². The molecular weight excluding hydrogens is 336 g/mol. The third-order valence-electron chi connectivity index (χ3n) is 4.71. The highest BCUT2D eigenvalue weighted by Gasteiger charge is 2.25. The van der Waals surface area contributed by atoms with E-state index in [4.69, 9.17) is 16.0 Å². The van der Waals surface area contributed by atoms with Crippen molar-refractivity contribution in [1.29, 1.82) is 0 Å². The van der Waals surface area contributed by atoms with Crippen molar-refractivity contribution < 1.29 is 9.21 Å². The van der Waals surface area contributed by atoms with Crippen LogP contribution in [-0.2, 0) is 17.8 Å². The standard InChI is InChI=1S/C20H25ClN2O2/c21-19-10-2-1-6-16(19)14-23-12-4-7-17(15-23)20(24)22-11-3-8-18-9-5-13-25-18/h1-2,5-6,9-10,13,17H,3-4,7-8,11-12,14-15H2,(H,22,24). The maximum absolute atomic E-state index is 12.4. The lowest BCUT2D eigenvalue weighted by Crippen LogP contribution is -2.43. The molecule has 1 aromatic heterocycles. The highest BCUT2D eigenvalue weighted by molar-refractivity contribution is 6.31. The number of nitrogens with one attached hydrogen (secondary N) is 1. The number of carbonyl (C=O) groups is 1. The molecule has 0 radical (unpaired) electrons. The van der Waals surface area contributed by atoms with E-state index < -0.39 is 0 Å². The second-order valence-corrected chi connectivity index (χ2v) is 7.05. The van der Waals surface area contributed by atoms with Gasteiger partial charge in [-0.1, -0.05) is 29.8 Å². The molecule has 5 heteroatoms. The first-order valence-electron chi connectivity index (χ1n) is 8.98. The number of furan rings is 1. The van der Waals surface area contributed by atoms with Gasteiger partial charge in [0, 0.05) is 31.1 Å². The van der Waals surface area contributed by atoms with Gasteiger partial charge in [-0.15, -0.1) is 0 Å². The summed E-state index contributed by atoms with van der Waals surface area (Å²) in [5.74, 6) is 1.21. The van der Waals surface area contributed by atoms with Gasteiger partial charge >= 0.3 is 0 Å². The normalized spacial score (nSPS) is 18.2. The minimum absolute atomic E-state index is 0.0693. The maximum Gasteiger partial charge on any atom is 0.224 e. The van der Waals surface area contributed by atoms with Gasteiger partial charge in [0.1, 0.15) is 5.76 Å². The maximum atomic E-state index is 12.4. The van der Waals surface area contributed by atoms with Crippen molar-refractivity contribution in [2.75, 3.05) is 19.6 Å². The SMILES string of the molecule is O=C(NCCCc1ccco1)C1CCCN(Cc2ccccc2Cl)C1. The van der Waals surface area contributed by atoms with Crippen LogP contribution in [0.5, 0.6) is 0 Å². The minimum Gasteiger partial charge on any atom is -0.469 e. The van der Waals surface area contributed by atoms with E-state index in [2.05, 4.69) is 16.3 Å². The molecule has 3 rings (SSSR count). The molecule has 1 N–H and O–H groups in total. The molecule has 0 aliphatic carbocycles. The van der Waals surface area contributed by atoms with Gasteiger partial charge in [-0.25, -0.2) is 0 Å². The Hall–Kier alpha value is -1.78. The summed E-state index contributed by atoms with van der Waals surface area (Å²) in [5.41, 5.74) is 1.13. The highest BCUT2D eigenvalue weighted by Crippen LogP contribution is 2.22. The van der Waals surface area contributed by atoms with Crippen molar-refractivity contribution in [3.8, 4) is 0 Å². The van der Waals surface area contributed by atoms with E-state index in [0.29, 0.717) is 6.54 Å². The molecule has 0 saturated carbocycles. The van der Waals surface area contributed by atoms with Crippen molar-refractivity contribution in [2.24, 2.45) is 5.92 Å². The number of carbonyl (C=O) groups excluding carboxylic acids is 1. The Morgan fingerprint density at radius 2 is 2.16 bits per heavy atom. The van der Waals surface area contributed by atoms with Gasteiger partial charge in [-0.3, -0.25) is 9.69 Å². The average molecular weight is 361 g/mol. The number of halogens is 1. The Kier molecular flexibility index (Phi) is 6.54. The van der Waals surface area contributed by atoms with Crippen molar-refractivity contribution in [3.05, 3.63) is 59.0 Å². The van der Waals surface area contributed by atoms with Crippen LogP contribution in [0.15, 0.2) is 47.1 Å². The zero-order valence-electron chi connectivity index (χ0n) is 14.4. The Balaban J connectivity index is 1.42. The fourth-order valence-corrected chi connectivity index (χ4v) is 3.55. The number of aryl methyl sites for hydroxylation is 1. The van der Waals surface area contributed by atoms with Crippen LogP contribution >= 0.6 is 11.6 Å². The predicted molar refractivity (Wildman–Crippen MR) is 99.5 cm³/mol. The van der Waals surface area contributed by atoms with Gasteiger partial charge < -0.3 is 9.73 Å². The molecule has 2 aromatic rings. The third kappa shape index (κ3) is 5.35. The first kappa shape index (κ1) is 18.0. The summed E-state index contributed by atoms with van der Waals surface area (Å²) >= 11 is 6.26. The third-order valence-corrected chi connectivity index (χ3v) is 5.08. The van der Waals surface area contributed by atoms with E-state index in [1.54, 1.807) is 6.26 Å². The van der Waals surface area contributed by atoms with Crippen molar-refractivity contribution >= 4 is 17.5 Å². The fourth-order valence-electron chi connectivity index (χ4n) is 3.35. The van der Waals surface area contributed by atoms with Gasteiger partial charge in [0.15, 0.2) is 0 Å². The molecule has 1 amide bonds. The number of piperidine rings is 1. The summed E-state index contributed by atoms with van der Waals surface area (Å²) in [6.07, 6.45) is 5.45. The summed E-state index contributed by atoms with van der Waals surface area (Å²) in [6.45, 7) is 3.32. The van der Waals surface area contributed by atoms with Crippen LogP contribution in [0.3, 0.4) is 0 Å². The molecule has 134 valence electrons. The van der Waals surface area contributed by atoms with Gasteiger partial charge in [0.25, 0.3) is 0 Å². The van der Waals surface area contributed by atoms with E-state index in [1.165, 1.54) is 0 Å². The van der Waals surface area contributed by atoms with Crippen molar-refractivity contribution in [3.63, 3.8) is 0 Å². The number of rotatable bonds is 7. The van der Waals surface area contributed by atoms with Crippen LogP contribution in [0.25, 0.3) is 0 Å². The lowest BCUT2D eigenvalue weighted by molar-refractivity contribution is -0.126. The van der Waals surface area contributed by atoms with Crippen molar-refractivity contribution in [2.45, 2.75) is 32.2 Å². The van der Waals surface area contributed by atoms with Gasteiger partial charge in [0.05, 0.1) is 12.2 Å². The molecule has 1 aliphatic rings. The average Bonchev–Trinajstić information content (AvgIpc) is 3.14. The molecular formula is C20H25ClN2O2. The van der Waals surface area contributed by atoms with E-state index in [1.807, 2.05) is 30.3 Å². The van der Waals surface area contributed by atoms with E-state index in [9.17, 15) is 4.79 Å². The quantitative estimate of drug-likeness (QED) is 0.762. The van der Waals surface area contributed by atoms with E-state index >= 15 is 0 Å². The number of benzene rings is 1. The van der Waals surface area contributed by atoms with Crippen LogP contribution in [0.2, 0.25) is 5.02 Å². The molecule has 1 fully saturated rings. The molecule has 1 unspecified atom stereocenters. The van der Waals surface area contributed by atoms with Crippen LogP contribution in [-0.4, -0.2) is 30.4 Å². The van der Waals surface area contributed by atoms with Crippen LogP contribution < -0.4 is 5.32 Å². The van der Waals surface area contributed by atoms with Gasteiger partial charge in [-0.05, 0) is 49.6 Å². The number of amides is 1. The Bertz CT molecular complexity index is 672. The first-order chi connectivity index (χ1) is 12.2. The van der Waals surface area contributed by atoms with E-state index in [0.717, 1.165) is 61.7 Å². The summed E-state index contributed by atoms with van der Waals surface area (Å²) in [5, 5.41) is 3.88. The summed E-state index contributed by atoms with van der Waals surface area (Å²) in [7, 11) is 0. The first-order valence-corrected chi connectivity index (χ1v) is 9.36. The number of nitrogens with zero attached hydrogens (tertiary/aromatic N) is 1. The van der Waals surface area contributed by atoms with Crippen molar-refractivity contribution in [1.82, 2.24) is 10.2 Å². The smallest absolute Gasteiger partial charge is 0.224 e. The molecule has 1 aliphatic heterocycles.